The molecule has 1 saturated heterocycles. The number of carbonyl (C=O) groups is 2. The first kappa shape index (κ1) is 30.3. The standard InChI is InChI=1S/C33H39ClN2O5Si/c1-22-31(42(4,5)26-14-12-25(40-3)13-15-26)29(20-30(38)36(17-18-37)21-23-9-7-6-8-10-23)41-33(22)27-19-24(34)11-16-28(27)35(2)32(33)39/h6-16,19,22,29,31,37H,17-18,20-21H2,1-5H3/t22-,29+,31-,33+/m0/s1. The van der Waals surface area contributed by atoms with Gasteiger partial charge in [0.05, 0.1) is 40.0 Å². The van der Waals surface area contributed by atoms with Gasteiger partial charge in [-0.25, -0.2) is 0 Å². The number of carbonyl (C=O) groups excluding carboxylic acids is 2. The highest BCUT2D eigenvalue weighted by molar-refractivity contribution is 6.91. The number of nitrogens with zero attached hydrogens (tertiary/aromatic N) is 2. The zero-order valence-electron chi connectivity index (χ0n) is 24.8. The third-order valence-electron chi connectivity index (χ3n) is 9.24. The Kier molecular flexibility index (Phi) is 8.54. The SMILES string of the molecule is COc1ccc([Si](C)(C)[C@@H]2[C@@H](CC(=O)N(CCO)Cc3ccccc3)O[C@]3(C(=O)N(C)c4ccc(Cl)cc43)[C@H]2C)cc1. The van der Waals surface area contributed by atoms with Crippen molar-refractivity contribution in [1.82, 2.24) is 4.90 Å². The Balaban J connectivity index is 1.56. The van der Waals surface area contributed by atoms with Gasteiger partial charge in [0.25, 0.3) is 5.91 Å². The normalized spacial score (nSPS) is 23.4. The monoisotopic (exact) mass is 606 g/mol. The molecule has 2 amide bonds. The number of halogens is 1. The van der Waals surface area contributed by atoms with Crippen molar-refractivity contribution in [3.63, 3.8) is 0 Å². The average Bonchev–Trinajstić information content (AvgIpc) is 3.39. The second kappa shape index (κ2) is 11.8. The van der Waals surface area contributed by atoms with Crippen molar-refractivity contribution in [2.45, 2.75) is 50.2 Å². The molecule has 1 spiro atoms. The summed E-state index contributed by atoms with van der Waals surface area (Å²) in [6.07, 6.45) is -0.418. The second-order valence-electron chi connectivity index (χ2n) is 11.9. The molecule has 1 N–H and O–H groups in total. The summed E-state index contributed by atoms with van der Waals surface area (Å²) in [6.45, 7) is 7.11. The van der Waals surface area contributed by atoms with Gasteiger partial charge in [0.15, 0.2) is 5.60 Å². The maximum absolute atomic E-state index is 14.1. The van der Waals surface area contributed by atoms with E-state index >= 15 is 0 Å². The molecule has 0 aliphatic carbocycles. The third kappa shape index (κ3) is 5.15. The summed E-state index contributed by atoms with van der Waals surface area (Å²) in [4.78, 5) is 31.4. The topological polar surface area (TPSA) is 79.3 Å². The highest BCUT2D eigenvalue weighted by Crippen LogP contribution is 2.60. The van der Waals surface area contributed by atoms with Crippen molar-refractivity contribution in [2.75, 3.05) is 32.2 Å². The molecule has 2 heterocycles. The van der Waals surface area contributed by atoms with Crippen LogP contribution in [0.15, 0.2) is 72.8 Å². The van der Waals surface area contributed by atoms with Gasteiger partial charge in [-0.2, -0.15) is 0 Å². The highest BCUT2D eigenvalue weighted by atomic mass is 35.5. The van der Waals surface area contributed by atoms with Gasteiger partial charge in [-0.15, -0.1) is 0 Å². The Morgan fingerprint density at radius 1 is 1.12 bits per heavy atom. The summed E-state index contributed by atoms with van der Waals surface area (Å²) in [7, 11) is 1.03. The van der Waals surface area contributed by atoms with E-state index in [4.69, 9.17) is 21.1 Å². The summed E-state index contributed by atoms with van der Waals surface area (Å²) >= 11 is 6.48. The molecular weight excluding hydrogens is 568 g/mol. The van der Waals surface area contributed by atoms with E-state index in [0.29, 0.717) is 11.6 Å². The molecule has 42 heavy (non-hydrogen) atoms. The first-order valence-corrected chi connectivity index (χ1v) is 17.8. The summed E-state index contributed by atoms with van der Waals surface area (Å²) in [5.74, 6) is 0.299. The number of hydrogen-bond donors (Lipinski definition) is 1. The number of fused-ring (bicyclic) bond motifs is 2. The van der Waals surface area contributed by atoms with E-state index in [1.165, 1.54) is 5.19 Å². The lowest BCUT2D eigenvalue weighted by Crippen LogP contribution is -2.52. The minimum Gasteiger partial charge on any atom is -0.497 e. The molecule has 3 aromatic rings. The fourth-order valence-corrected chi connectivity index (χ4v) is 11.3. The predicted molar refractivity (Wildman–Crippen MR) is 168 cm³/mol. The van der Waals surface area contributed by atoms with E-state index in [-0.39, 0.29) is 42.8 Å². The van der Waals surface area contributed by atoms with Gasteiger partial charge in [-0.1, -0.05) is 79.3 Å². The fourth-order valence-electron chi connectivity index (χ4n) is 7.11. The Bertz CT molecular complexity index is 1450. The quantitative estimate of drug-likeness (QED) is 0.349. The highest BCUT2D eigenvalue weighted by Gasteiger charge is 2.66. The van der Waals surface area contributed by atoms with Crippen molar-refractivity contribution in [1.29, 1.82) is 0 Å². The number of rotatable bonds is 9. The molecule has 2 aliphatic rings. The Hall–Kier alpha value is -3.17. The van der Waals surface area contributed by atoms with Crippen LogP contribution in [-0.2, 0) is 26.5 Å². The van der Waals surface area contributed by atoms with Crippen molar-refractivity contribution in [2.24, 2.45) is 5.92 Å². The van der Waals surface area contributed by atoms with Gasteiger partial charge < -0.3 is 24.4 Å². The van der Waals surface area contributed by atoms with E-state index in [1.807, 2.05) is 54.6 Å². The minimum atomic E-state index is -2.39. The lowest BCUT2D eigenvalue weighted by molar-refractivity contribution is -0.149. The number of likely N-dealkylation sites (N-methyl/N-ethyl adjacent to an activating group) is 1. The van der Waals surface area contributed by atoms with Crippen molar-refractivity contribution < 1.29 is 24.2 Å². The van der Waals surface area contributed by atoms with E-state index < -0.39 is 19.8 Å². The number of anilines is 1. The predicted octanol–water partition coefficient (Wildman–Crippen LogP) is 4.95. The molecular formula is C33H39ClN2O5Si. The van der Waals surface area contributed by atoms with Crippen LogP contribution in [0.3, 0.4) is 0 Å². The zero-order valence-corrected chi connectivity index (χ0v) is 26.6. The summed E-state index contributed by atoms with van der Waals surface area (Å²) in [5.41, 5.74) is 1.19. The van der Waals surface area contributed by atoms with E-state index in [9.17, 15) is 14.7 Å². The fraction of sp³-hybridized carbons (Fsp3) is 0.394. The number of amides is 2. The van der Waals surface area contributed by atoms with Gasteiger partial charge in [-0.3, -0.25) is 9.59 Å². The van der Waals surface area contributed by atoms with Gasteiger partial charge >= 0.3 is 0 Å². The number of aliphatic hydroxyl groups is 1. The number of aliphatic hydroxyl groups excluding tert-OH is 1. The van der Waals surface area contributed by atoms with Crippen LogP contribution in [0.1, 0.15) is 24.5 Å². The third-order valence-corrected chi connectivity index (χ3v) is 13.8. The van der Waals surface area contributed by atoms with Crippen molar-refractivity contribution >= 4 is 42.4 Å². The summed E-state index contributed by atoms with van der Waals surface area (Å²) in [5, 5.41) is 11.5. The van der Waals surface area contributed by atoms with E-state index in [2.05, 4.69) is 32.2 Å². The van der Waals surface area contributed by atoms with Crippen LogP contribution in [-0.4, -0.2) is 63.3 Å². The van der Waals surface area contributed by atoms with Crippen LogP contribution >= 0.6 is 11.6 Å². The lowest BCUT2D eigenvalue weighted by atomic mass is 9.82. The number of ether oxygens (including phenoxy) is 2. The summed E-state index contributed by atoms with van der Waals surface area (Å²) < 4.78 is 12.4. The Morgan fingerprint density at radius 2 is 1.81 bits per heavy atom. The van der Waals surface area contributed by atoms with Crippen LogP contribution in [0.5, 0.6) is 5.75 Å². The zero-order chi connectivity index (χ0) is 30.2. The number of methoxy groups -OCH3 is 1. The van der Waals surface area contributed by atoms with Crippen LogP contribution in [0.25, 0.3) is 0 Å². The van der Waals surface area contributed by atoms with Crippen LogP contribution in [0.2, 0.25) is 23.7 Å². The maximum Gasteiger partial charge on any atom is 0.264 e. The van der Waals surface area contributed by atoms with Gasteiger partial charge in [0.1, 0.15) is 5.75 Å². The Labute approximate surface area is 254 Å². The second-order valence-corrected chi connectivity index (χ2v) is 17.0. The molecule has 0 aromatic heterocycles. The van der Waals surface area contributed by atoms with Crippen LogP contribution in [0.4, 0.5) is 5.69 Å². The van der Waals surface area contributed by atoms with Crippen LogP contribution < -0.4 is 14.8 Å². The molecule has 9 heteroatoms. The first-order valence-electron chi connectivity index (χ1n) is 14.4. The molecule has 0 saturated carbocycles. The molecule has 2 aliphatic heterocycles. The number of benzene rings is 3. The molecule has 4 atom stereocenters. The van der Waals surface area contributed by atoms with E-state index in [1.54, 1.807) is 30.0 Å². The molecule has 222 valence electrons. The molecule has 1 fully saturated rings. The maximum atomic E-state index is 14.1. The molecule has 5 rings (SSSR count). The molecule has 3 aromatic carbocycles. The molecule has 0 unspecified atom stereocenters. The van der Waals surface area contributed by atoms with Crippen molar-refractivity contribution in [3.8, 4) is 5.75 Å². The van der Waals surface area contributed by atoms with Crippen molar-refractivity contribution in [3.05, 3.63) is 88.9 Å². The van der Waals surface area contributed by atoms with Gasteiger partial charge in [0, 0.05) is 36.6 Å². The summed E-state index contributed by atoms with van der Waals surface area (Å²) in [6, 6.07) is 23.4. The molecule has 7 nitrogen and oxygen atoms in total. The smallest absolute Gasteiger partial charge is 0.264 e. The Morgan fingerprint density at radius 3 is 2.45 bits per heavy atom. The molecule has 0 bridgehead atoms. The molecule has 0 radical (unpaired) electrons. The van der Waals surface area contributed by atoms with Gasteiger partial charge in [0.2, 0.25) is 5.91 Å². The van der Waals surface area contributed by atoms with Gasteiger partial charge in [-0.05, 0) is 41.4 Å². The minimum absolute atomic E-state index is 0.0789. The first-order chi connectivity index (χ1) is 20.0. The average molecular weight is 607 g/mol. The lowest BCUT2D eigenvalue weighted by Gasteiger charge is -2.37. The van der Waals surface area contributed by atoms with Crippen LogP contribution in [0, 0.1) is 5.92 Å². The number of hydrogen-bond acceptors (Lipinski definition) is 5. The van der Waals surface area contributed by atoms with E-state index in [0.717, 1.165) is 22.6 Å². The largest absolute Gasteiger partial charge is 0.497 e.